The van der Waals surface area contributed by atoms with E-state index in [1.54, 1.807) is 24.3 Å². The van der Waals surface area contributed by atoms with Crippen LogP contribution < -0.4 is 4.72 Å². The zero-order valence-corrected chi connectivity index (χ0v) is 13.3. The van der Waals surface area contributed by atoms with E-state index in [4.69, 9.17) is 0 Å². The van der Waals surface area contributed by atoms with E-state index in [0.717, 1.165) is 31.9 Å². The Morgan fingerprint density at radius 1 is 1.00 bits per heavy atom. The Kier molecular flexibility index (Phi) is 5.39. The van der Waals surface area contributed by atoms with E-state index < -0.39 is 10.0 Å². The predicted molar refractivity (Wildman–Crippen MR) is 85.0 cm³/mol. The van der Waals surface area contributed by atoms with Crippen molar-refractivity contribution < 1.29 is 13.2 Å². The smallest absolute Gasteiger partial charge is 0.229 e. The van der Waals surface area contributed by atoms with Crippen molar-refractivity contribution in [2.45, 2.75) is 44.9 Å². The van der Waals surface area contributed by atoms with Crippen LogP contribution in [0.4, 0.5) is 5.69 Å². The summed E-state index contributed by atoms with van der Waals surface area (Å²) in [6.07, 6.45) is 9.05. The first-order valence-corrected chi connectivity index (χ1v) is 9.47. The molecule has 2 rings (SSSR count). The van der Waals surface area contributed by atoms with Crippen LogP contribution in [-0.4, -0.2) is 20.5 Å². The van der Waals surface area contributed by atoms with Crippen LogP contribution in [0.1, 0.15) is 55.3 Å². The van der Waals surface area contributed by atoms with Crippen molar-refractivity contribution in [2.75, 3.05) is 11.0 Å². The Hall–Kier alpha value is -1.36. The summed E-state index contributed by atoms with van der Waals surface area (Å²) in [5.41, 5.74) is 1.17. The van der Waals surface area contributed by atoms with Gasteiger partial charge in [0.1, 0.15) is 0 Å². The Labute approximate surface area is 127 Å². The fourth-order valence-electron chi connectivity index (χ4n) is 2.87. The molecule has 116 valence electrons. The molecule has 0 radical (unpaired) electrons. The number of ketones is 1. The maximum absolute atomic E-state index is 12.5. The number of hydrogen-bond donors (Lipinski definition) is 1. The van der Waals surface area contributed by atoms with E-state index in [1.165, 1.54) is 19.3 Å². The molecular formula is C16H23NO3S. The summed E-state index contributed by atoms with van der Waals surface area (Å²) >= 11 is 0. The molecule has 0 aromatic heterocycles. The summed E-state index contributed by atoms with van der Waals surface area (Å²) in [5.74, 6) is 0.321. The van der Waals surface area contributed by atoms with Crippen LogP contribution in [-0.2, 0) is 10.0 Å². The van der Waals surface area contributed by atoms with Gasteiger partial charge in [-0.15, -0.1) is 0 Å². The standard InChI is InChI=1S/C16H23NO3S/c1-21(19,20)17-15-11-9-14(10-12-15)16(18)13-7-5-3-2-4-6-8-13/h9-13,17H,2-8H2,1H3. The average molecular weight is 309 g/mol. The summed E-state index contributed by atoms with van der Waals surface area (Å²) < 4.78 is 24.7. The van der Waals surface area contributed by atoms with E-state index in [9.17, 15) is 13.2 Å². The average Bonchev–Trinajstić information content (AvgIpc) is 2.36. The molecule has 0 heterocycles. The molecule has 1 aliphatic carbocycles. The molecule has 1 fully saturated rings. The van der Waals surface area contributed by atoms with Gasteiger partial charge in [-0.1, -0.05) is 32.1 Å². The van der Waals surface area contributed by atoms with Crippen LogP contribution in [0.15, 0.2) is 24.3 Å². The third kappa shape index (κ3) is 5.16. The first-order chi connectivity index (χ1) is 9.96. The van der Waals surface area contributed by atoms with Gasteiger partial charge in [0.15, 0.2) is 5.78 Å². The van der Waals surface area contributed by atoms with Gasteiger partial charge in [-0.25, -0.2) is 8.42 Å². The van der Waals surface area contributed by atoms with Gasteiger partial charge in [-0.3, -0.25) is 9.52 Å². The normalized spacial score (nSPS) is 17.8. The predicted octanol–water partition coefficient (Wildman–Crippen LogP) is 3.60. The molecule has 0 bridgehead atoms. The number of carbonyl (C=O) groups excluding carboxylic acids is 1. The highest BCUT2D eigenvalue weighted by Gasteiger charge is 2.20. The van der Waals surface area contributed by atoms with E-state index in [2.05, 4.69) is 4.72 Å². The fraction of sp³-hybridized carbons (Fsp3) is 0.562. The molecule has 0 aliphatic heterocycles. The van der Waals surface area contributed by atoms with Crippen LogP contribution in [0.3, 0.4) is 0 Å². The molecule has 0 amide bonds. The maximum Gasteiger partial charge on any atom is 0.229 e. The molecule has 1 aromatic carbocycles. The minimum atomic E-state index is -3.27. The lowest BCUT2D eigenvalue weighted by atomic mass is 9.86. The second kappa shape index (κ2) is 7.07. The van der Waals surface area contributed by atoms with Crippen molar-refractivity contribution in [3.63, 3.8) is 0 Å². The molecule has 0 atom stereocenters. The summed E-state index contributed by atoms with van der Waals surface area (Å²) in [4.78, 5) is 12.5. The maximum atomic E-state index is 12.5. The zero-order valence-electron chi connectivity index (χ0n) is 12.5. The molecule has 1 aromatic rings. The van der Waals surface area contributed by atoms with Crippen molar-refractivity contribution in [1.82, 2.24) is 0 Å². The van der Waals surface area contributed by atoms with Gasteiger partial charge in [-0.05, 0) is 37.1 Å². The van der Waals surface area contributed by atoms with Gasteiger partial charge in [0, 0.05) is 17.2 Å². The van der Waals surface area contributed by atoms with Crippen LogP contribution in [0.25, 0.3) is 0 Å². The molecule has 1 saturated carbocycles. The number of sulfonamides is 1. The van der Waals surface area contributed by atoms with E-state index in [0.29, 0.717) is 11.3 Å². The summed E-state index contributed by atoms with van der Waals surface area (Å²) in [5, 5.41) is 0. The van der Waals surface area contributed by atoms with E-state index >= 15 is 0 Å². The van der Waals surface area contributed by atoms with Gasteiger partial charge in [0.2, 0.25) is 10.0 Å². The third-order valence-electron chi connectivity index (χ3n) is 3.95. The van der Waals surface area contributed by atoms with Crippen molar-refractivity contribution in [2.24, 2.45) is 5.92 Å². The molecular weight excluding hydrogens is 286 g/mol. The third-order valence-corrected chi connectivity index (χ3v) is 4.56. The van der Waals surface area contributed by atoms with Crippen LogP contribution in [0, 0.1) is 5.92 Å². The molecule has 0 saturated heterocycles. The Morgan fingerprint density at radius 2 is 1.52 bits per heavy atom. The molecule has 5 heteroatoms. The Morgan fingerprint density at radius 3 is 2.05 bits per heavy atom. The van der Waals surface area contributed by atoms with Crippen LogP contribution in [0.5, 0.6) is 0 Å². The fourth-order valence-corrected chi connectivity index (χ4v) is 3.43. The van der Waals surface area contributed by atoms with Gasteiger partial charge in [0.05, 0.1) is 6.26 Å². The minimum absolute atomic E-state index is 0.124. The molecule has 21 heavy (non-hydrogen) atoms. The highest BCUT2D eigenvalue weighted by Crippen LogP contribution is 2.26. The molecule has 1 N–H and O–H groups in total. The summed E-state index contributed by atoms with van der Waals surface area (Å²) in [6, 6.07) is 6.73. The number of benzene rings is 1. The monoisotopic (exact) mass is 309 g/mol. The largest absolute Gasteiger partial charge is 0.294 e. The van der Waals surface area contributed by atoms with E-state index in [-0.39, 0.29) is 11.7 Å². The number of rotatable bonds is 4. The summed E-state index contributed by atoms with van der Waals surface area (Å²) in [7, 11) is -3.27. The van der Waals surface area contributed by atoms with Gasteiger partial charge < -0.3 is 0 Å². The van der Waals surface area contributed by atoms with E-state index in [1.807, 2.05) is 0 Å². The molecule has 4 nitrogen and oxygen atoms in total. The second-order valence-corrected chi connectivity index (χ2v) is 7.61. The van der Waals surface area contributed by atoms with Gasteiger partial charge in [0.25, 0.3) is 0 Å². The van der Waals surface area contributed by atoms with Crippen molar-refractivity contribution in [3.8, 4) is 0 Å². The van der Waals surface area contributed by atoms with Crippen molar-refractivity contribution >= 4 is 21.5 Å². The zero-order chi connectivity index (χ0) is 15.3. The lowest BCUT2D eigenvalue weighted by Gasteiger charge is -2.18. The lowest BCUT2D eigenvalue weighted by Crippen LogP contribution is -2.16. The van der Waals surface area contributed by atoms with Crippen molar-refractivity contribution in [3.05, 3.63) is 29.8 Å². The van der Waals surface area contributed by atoms with Gasteiger partial charge in [-0.2, -0.15) is 0 Å². The van der Waals surface area contributed by atoms with Crippen LogP contribution >= 0.6 is 0 Å². The van der Waals surface area contributed by atoms with Crippen LogP contribution in [0.2, 0.25) is 0 Å². The summed E-state index contributed by atoms with van der Waals surface area (Å²) in [6.45, 7) is 0. The first-order valence-electron chi connectivity index (χ1n) is 7.58. The topological polar surface area (TPSA) is 63.2 Å². The number of hydrogen-bond acceptors (Lipinski definition) is 3. The second-order valence-electron chi connectivity index (χ2n) is 5.86. The Bertz CT molecular complexity index is 570. The number of carbonyl (C=O) groups is 1. The first kappa shape index (κ1) is 16.0. The number of nitrogens with one attached hydrogen (secondary N) is 1. The molecule has 0 unspecified atom stereocenters. The van der Waals surface area contributed by atoms with Crippen molar-refractivity contribution in [1.29, 1.82) is 0 Å². The minimum Gasteiger partial charge on any atom is -0.294 e. The highest BCUT2D eigenvalue weighted by atomic mass is 32.2. The number of Topliss-reactive ketones (excluding diaryl/α,β-unsaturated/α-hetero) is 1. The number of anilines is 1. The lowest BCUT2D eigenvalue weighted by molar-refractivity contribution is 0.0898. The van der Waals surface area contributed by atoms with Gasteiger partial charge >= 0.3 is 0 Å². The SMILES string of the molecule is CS(=O)(=O)Nc1ccc(C(=O)C2CCCCCCC2)cc1. The Balaban J connectivity index is 2.04. The highest BCUT2D eigenvalue weighted by molar-refractivity contribution is 7.92. The quantitative estimate of drug-likeness (QED) is 0.864. The molecule has 1 aliphatic rings. The molecule has 0 spiro atoms.